The van der Waals surface area contributed by atoms with Crippen molar-refractivity contribution in [2.24, 2.45) is 0 Å². The van der Waals surface area contributed by atoms with Gasteiger partial charge in [-0.2, -0.15) is 0 Å². The second-order valence-corrected chi connectivity index (χ2v) is 7.31. The van der Waals surface area contributed by atoms with Gasteiger partial charge in [0.2, 0.25) is 0 Å². The number of aliphatic hydroxyl groups is 1. The second kappa shape index (κ2) is 8.74. The van der Waals surface area contributed by atoms with Gasteiger partial charge in [0.15, 0.2) is 0 Å². The number of rotatable bonds is 8. The molecular formula is C15H24OSe. The molecule has 1 rings (SSSR count). The normalized spacial score (nSPS) is 14.5. The first-order chi connectivity index (χ1) is 8.24. The molecule has 0 saturated heterocycles. The van der Waals surface area contributed by atoms with Gasteiger partial charge in [0.25, 0.3) is 0 Å². The van der Waals surface area contributed by atoms with Crippen LogP contribution in [0.4, 0.5) is 0 Å². The molecule has 0 bridgehead atoms. The SMILES string of the molecule is CCCCCCC([Se]c1ccccc1)[C@H](C)O. The Morgan fingerprint density at radius 3 is 2.41 bits per heavy atom. The predicted molar refractivity (Wildman–Crippen MR) is 76.0 cm³/mol. The first-order valence-electron chi connectivity index (χ1n) is 6.63. The van der Waals surface area contributed by atoms with Crippen LogP contribution in [0.3, 0.4) is 0 Å². The molecule has 2 heteroatoms. The molecule has 0 saturated carbocycles. The Balaban J connectivity index is 2.38. The first-order valence-corrected chi connectivity index (χ1v) is 8.48. The Kier molecular flexibility index (Phi) is 7.59. The summed E-state index contributed by atoms with van der Waals surface area (Å²) in [4.78, 5) is 0.474. The van der Waals surface area contributed by atoms with E-state index in [1.807, 2.05) is 6.92 Å². The van der Waals surface area contributed by atoms with Gasteiger partial charge < -0.3 is 0 Å². The zero-order valence-electron chi connectivity index (χ0n) is 10.9. The summed E-state index contributed by atoms with van der Waals surface area (Å²) in [5, 5.41) is 9.85. The third kappa shape index (κ3) is 6.26. The quantitative estimate of drug-likeness (QED) is 0.577. The minimum absolute atomic E-state index is 0.170. The van der Waals surface area contributed by atoms with Gasteiger partial charge in [-0.15, -0.1) is 0 Å². The van der Waals surface area contributed by atoms with Crippen molar-refractivity contribution in [1.29, 1.82) is 0 Å². The fourth-order valence-corrected chi connectivity index (χ4v) is 4.25. The van der Waals surface area contributed by atoms with Crippen molar-refractivity contribution in [2.45, 2.75) is 56.9 Å². The van der Waals surface area contributed by atoms with Crippen molar-refractivity contribution < 1.29 is 5.11 Å². The van der Waals surface area contributed by atoms with Gasteiger partial charge in [0, 0.05) is 0 Å². The Bertz CT molecular complexity index is 284. The van der Waals surface area contributed by atoms with Crippen molar-refractivity contribution in [2.75, 3.05) is 0 Å². The van der Waals surface area contributed by atoms with E-state index in [9.17, 15) is 5.11 Å². The summed E-state index contributed by atoms with van der Waals surface area (Å²) >= 11 is 0.404. The molecule has 0 amide bonds. The summed E-state index contributed by atoms with van der Waals surface area (Å²) in [7, 11) is 0. The fraction of sp³-hybridized carbons (Fsp3) is 0.600. The van der Waals surface area contributed by atoms with E-state index in [-0.39, 0.29) is 6.10 Å². The fourth-order valence-electron chi connectivity index (χ4n) is 1.84. The van der Waals surface area contributed by atoms with E-state index in [1.54, 1.807) is 0 Å². The Morgan fingerprint density at radius 2 is 1.82 bits per heavy atom. The number of aliphatic hydroxyl groups excluding tert-OH is 1. The Morgan fingerprint density at radius 1 is 1.12 bits per heavy atom. The molecule has 0 heterocycles. The third-order valence-electron chi connectivity index (χ3n) is 2.91. The average molecular weight is 299 g/mol. The van der Waals surface area contributed by atoms with Gasteiger partial charge in [-0.05, 0) is 0 Å². The molecule has 17 heavy (non-hydrogen) atoms. The third-order valence-corrected chi connectivity index (χ3v) is 6.01. The van der Waals surface area contributed by atoms with E-state index in [0.29, 0.717) is 19.8 Å². The van der Waals surface area contributed by atoms with Crippen LogP contribution in [0.2, 0.25) is 4.82 Å². The van der Waals surface area contributed by atoms with Gasteiger partial charge >= 0.3 is 112 Å². The molecule has 0 aliphatic rings. The molecule has 0 radical (unpaired) electrons. The van der Waals surface area contributed by atoms with E-state index < -0.39 is 0 Å². The predicted octanol–water partition coefficient (Wildman–Crippen LogP) is 3.16. The van der Waals surface area contributed by atoms with Crippen molar-refractivity contribution in [3.05, 3.63) is 30.3 Å². The second-order valence-electron chi connectivity index (χ2n) is 4.56. The maximum atomic E-state index is 9.85. The van der Waals surface area contributed by atoms with Crippen molar-refractivity contribution in [3.8, 4) is 0 Å². The Hall–Kier alpha value is -0.301. The Labute approximate surface area is 112 Å². The van der Waals surface area contributed by atoms with E-state index >= 15 is 0 Å². The number of hydrogen-bond donors (Lipinski definition) is 1. The molecule has 0 aliphatic heterocycles. The summed E-state index contributed by atoms with van der Waals surface area (Å²) in [6.07, 6.45) is 6.18. The standard InChI is InChI=1S/C15H24OSe/c1-3-4-5-9-12-15(13(2)16)17-14-10-7-6-8-11-14/h6-8,10-11,13,15-16H,3-5,9,12H2,1-2H3/t13-,15?/m0/s1. The molecule has 1 aromatic carbocycles. The van der Waals surface area contributed by atoms with Crippen molar-refractivity contribution >= 4 is 19.4 Å². The van der Waals surface area contributed by atoms with Crippen LogP contribution in [0.1, 0.15) is 46.0 Å². The monoisotopic (exact) mass is 300 g/mol. The van der Waals surface area contributed by atoms with E-state index in [4.69, 9.17) is 0 Å². The van der Waals surface area contributed by atoms with Crippen LogP contribution in [0.25, 0.3) is 0 Å². The van der Waals surface area contributed by atoms with Crippen LogP contribution < -0.4 is 4.46 Å². The van der Waals surface area contributed by atoms with Crippen LogP contribution in [0, 0.1) is 0 Å². The number of unbranched alkanes of at least 4 members (excludes halogenated alkanes) is 3. The van der Waals surface area contributed by atoms with E-state index in [1.165, 1.54) is 36.6 Å². The van der Waals surface area contributed by atoms with Gasteiger partial charge in [0.05, 0.1) is 0 Å². The molecule has 0 aliphatic carbocycles. The average Bonchev–Trinajstić information content (AvgIpc) is 2.34. The molecule has 1 N–H and O–H groups in total. The number of hydrogen-bond acceptors (Lipinski definition) is 1. The molecular weight excluding hydrogens is 275 g/mol. The number of benzene rings is 1. The molecule has 1 nitrogen and oxygen atoms in total. The maximum absolute atomic E-state index is 9.85. The van der Waals surface area contributed by atoms with Crippen molar-refractivity contribution in [1.82, 2.24) is 0 Å². The van der Waals surface area contributed by atoms with Crippen LogP contribution in [0.15, 0.2) is 30.3 Å². The molecule has 0 spiro atoms. The van der Waals surface area contributed by atoms with Crippen molar-refractivity contribution in [3.63, 3.8) is 0 Å². The molecule has 1 unspecified atom stereocenters. The molecule has 0 fully saturated rings. The minimum atomic E-state index is -0.170. The summed E-state index contributed by atoms with van der Waals surface area (Å²) in [5.74, 6) is 0. The van der Waals surface area contributed by atoms with E-state index in [2.05, 4.69) is 37.3 Å². The van der Waals surface area contributed by atoms with Gasteiger partial charge in [-0.1, -0.05) is 0 Å². The summed E-state index contributed by atoms with van der Waals surface area (Å²) < 4.78 is 1.40. The summed E-state index contributed by atoms with van der Waals surface area (Å²) in [5.41, 5.74) is 0. The van der Waals surface area contributed by atoms with Gasteiger partial charge in [0.1, 0.15) is 0 Å². The van der Waals surface area contributed by atoms with Crippen LogP contribution in [-0.2, 0) is 0 Å². The molecule has 0 aromatic heterocycles. The zero-order valence-corrected chi connectivity index (χ0v) is 12.6. The van der Waals surface area contributed by atoms with Gasteiger partial charge in [-0.25, -0.2) is 0 Å². The van der Waals surface area contributed by atoms with E-state index in [0.717, 1.165) is 0 Å². The summed E-state index contributed by atoms with van der Waals surface area (Å²) in [6, 6.07) is 10.6. The topological polar surface area (TPSA) is 20.2 Å². The molecule has 2 atom stereocenters. The zero-order chi connectivity index (χ0) is 12.5. The van der Waals surface area contributed by atoms with Crippen LogP contribution >= 0.6 is 0 Å². The molecule has 96 valence electrons. The van der Waals surface area contributed by atoms with Crippen LogP contribution in [0.5, 0.6) is 0 Å². The first kappa shape index (κ1) is 14.8. The van der Waals surface area contributed by atoms with Gasteiger partial charge in [-0.3, -0.25) is 0 Å². The molecule has 1 aromatic rings. The van der Waals surface area contributed by atoms with Crippen LogP contribution in [-0.4, -0.2) is 26.2 Å². The summed E-state index contributed by atoms with van der Waals surface area (Å²) in [6.45, 7) is 4.18.